The molecule has 1 heterocycles. The van der Waals surface area contributed by atoms with Crippen molar-refractivity contribution in [1.29, 1.82) is 0 Å². The van der Waals surface area contributed by atoms with E-state index < -0.39 is 0 Å². The van der Waals surface area contributed by atoms with Crippen molar-refractivity contribution >= 4 is 40.0 Å². The fraction of sp³-hybridized carbons (Fsp3) is 0.368. The standard InChI is InChI=1S/C19H20FNO3S2/c1-2-24-19(23)17-14-5-3-4-6-15(14)26-18(17)21-16(22)11-25-13-9-7-12(20)8-10-13/h7-10H,2-6,11H2,1H3,(H,21,22). The third-order valence-electron chi connectivity index (χ3n) is 4.09. The number of rotatable bonds is 6. The molecule has 1 aliphatic carbocycles. The Morgan fingerprint density at radius 1 is 1.23 bits per heavy atom. The molecule has 1 aromatic heterocycles. The lowest BCUT2D eigenvalue weighted by molar-refractivity contribution is -0.113. The van der Waals surface area contributed by atoms with E-state index in [2.05, 4.69) is 5.32 Å². The summed E-state index contributed by atoms with van der Waals surface area (Å²) >= 11 is 2.80. The maximum atomic E-state index is 12.9. The maximum Gasteiger partial charge on any atom is 0.341 e. The summed E-state index contributed by atoms with van der Waals surface area (Å²) in [6.45, 7) is 2.07. The molecule has 1 aromatic carbocycles. The number of hydrogen-bond donors (Lipinski definition) is 1. The molecular weight excluding hydrogens is 373 g/mol. The van der Waals surface area contributed by atoms with Gasteiger partial charge in [0.2, 0.25) is 5.91 Å². The molecule has 0 aliphatic heterocycles. The van der Waals surface area contributed by atoms with Crippen molar-refractivity contribution in [3.05, 3.63) is 46.1 Å². The first-order chi connectivity index (χ1) is 12.6. The molecule has 2 aromatic rings. The van der Waals surface area contributed by atoms with Gasteiger partial charge in [-0.25, -0.2) is 9.18 Å². The molecule has 138 valence electrons. The summed E-state index contributed by atoms with van der Waals surface area (Å²) in [5.41, 5.74) is 1.55. The molecule has 0 saturated carbocycles. The van der Waals surface area contributed by atoms with E-state index in [0.717, 1.165) is 36.1 Å². The van der Waals surface area contributed by atoms with Crippen LogP contribution in [0.2, 0.25) is 0 Å². The average Bonchev–Trinajstić information content (AvgIpc) is 2.99. The molecule has 26 heavy (non-hydrogen) atoms. The van der Waals surface area contributed by atoms with Crippen LogP contribution in [0.3, 0.4) is 0 Å². The Bertz CT molecular complexity index is 802. The van der Waals surface area contributed by atoms with Crippen LogP contribution >= 0.6 is 23.1 Å². The third kappa shape index (κ3) is 4.45. The minimum Gasteiger partial charge on any atom is -0.462 e. The summed E-state index contributed by atoms with van der Waals surface area (Å²) in [6, 6.07) is 6.02. The van der Waals surface area contributed by atoms with E-state index in [1.54, 1.807) is 19.1 Å². The van der Waals surface area contributed by atoms with E-state index in [4.69, 9.17) is 4.74 Å². The highest BCUT2D eigenvalue weighted by Gasteiger charge is 2.27. The molecule has 1 N–H and O–H groups in total. The second kappa shape index (κ2) is 8.68. The number of thioether (sulfide) groups is 1. The van der Waals surface area contributed by atoms with Gasteiger partial charge >= 0.3 is 5.97 Å². The van der Waals surface area contributed by atoms with Gasteiger partial charge in [0, 0.05) is 9.77 Å². The number of anilines is 1. The smallest absolute Gasteiger partial charge is 0.341 e. The highest BCUT2D eigenvalue weighted by atomic mass is 32.2. The van der Waals surface area contributed by atoms with Crippen LogP contribution in [0.1, 0.15) is 40.6 Å². The van der Waals surface area contributed by atoms with Gasteiger partial charge in [-0.1, -0.05) is 0 Å². The number of amides is 1. The Morgan fingerprint density at radius 2 is 1.96 bits per heavy atom. The molecule has 0 bridgehead atoms. The molecule has 0 spiro atoms. The van der Waals surface area contributed by atoms with Crippen LogP contribution in [0, 0.1) is 5.82 Å². The zero-order valence-corrected chi connectivity index (χ0v) is 16.1. The fourth-order valence-corrected chi connectivity index (χ4v) is 4.91. The van der Waals surface area contributed by atoms with Gasteiger partial charge in [0.05, 0.1) is 17.9 Å². The van der Waals surface area contributed by atoms with Crippen molar-refractivity contribution in [2.45, 2.75) is 37.5 Å². The van der Waals surface area contributed by atoms with Crippen molar-refractivity contribution in [3.8, 4) is 0 Å². The summed E-state index contributed by atoms with van der Waals surface area (Å²) in [7, 11) is 0. The summed E-state index contributed by atoms with van der Waals surface area (Å²) < 4.78 is 18.1. The van der Waals surface area contributed by atoms with Crippen molar-refractivity contribution in [2.24, 2.45) is 0 Å². The van der Waals surface area contributed by atoms with E-state index in [0.29, 0.717) is 17.2 Å². The Labute approximate surface area is 160 Å². The van der Waals surface area contributed by atoms with E-state index in [-0.39, 0.29) is 23.4 Å². The van der Waals surface area contributed by atoms with Gasteiger partial charge in [0.15, 0.2) is 0 Å². The monoisotopic (exact) mass is 393 g/mol. The van der Waals surface area contributed by atoms with E-state index in [9.17, 15) is 14.0 Å². The molecular formula is C19H20FNO3S2. The van der Waals surface area contributed by atoms with Crippen LogP contribution in [0.4, 0.5) is 9.39 Å². The van der Waals surface area contributed by atoms with Crippen molar-refractivity contribution < 1.29 is 18.7 Å². The van der Waals surface area contributed by atoms with Crippen LogP contribution < -0.4 is 5.32 Å². The van der Waals surface area contributed by atoms with Gasteiger partial charge in [-0.2, -0.15) is 0 Å². The molecule has 0 unspecified atom stereocenters. The van der Waals surface area contributed by atoms with Crippen LogP contribution in [0.25, 0.3) is 0 Å². The lowest BCUT2D eigenvalue weighted by atomic mass is 9.95. The number of carbonyl (C=O) groups excluding carboxylic acids is 2. The van der Waals surface area contributed by atoms with E-state index in [1.807, 2.05) is 0 Å². The maximum absolute atomic E-state index is 12.9. The first-order valence-electron chi connectivity index (χ1n) is 8.58. The number of carbonyl (C=O) groups is 2. The van der Waals surface area contributed by atoms with Crippen LogP contribution in [0.5, 0.6) is 0 Å². The fourth-order valence-electron chi connectivity index (χ4n) is 2.92. The number of hydrogen-bond acceptors (Lipinski definition) is 5. The number of fused-ring (bicyclic) bond motifs is 1. The van der Waals surface area contributed by atoms with Gasteiger partial charge in [-0.3, -0.25) is 4.79 Å². The van der Waals surface area contributed by atoms with E-state index in [1.165, 1.54) is 40.1 Å². The Hall–Kier alpha value is -1.86. The first kappa shape index (κ1) is 18.9. The predicted octanol–water partition coefficient (Wildman–Crippen LogP) is 4.67. The Kier molecular flexibility index (Phi) is 6.32. The lowest BCUT2D eigenvalue weighted by Gasteiger charge is -2.12. The normalized spacial score (nSPS) is 13.2. The number of halogens is 1. The van der Waals surface area contributed by atoms with Crippen molar-refractivity contribution in [2.75, 3.05) is 17.7 Å². The van der Waals surface area contributed by atoms with Gasteiger partial charge in [-0.15, -0.1) is 23.1 Å². The molecule has 1 aliphatic rings. The summed E-state index contributed by atoms with van der Waals surface area (Å²) in [5.74, 6) is -0.671. The quantitative estimate of drug-likeness (QED) is 0.572. The van der Waals surface area contributed by atoms with Gasteiger partial charge in [0.1, 0.15) is 10.8 Å². The number of thiophene rings is 1. The number of ether oxygens (including phenoxy) is 1. The topological polar surface area (TPSA) is 55.4 Å². The number of nitrogens with one attached hydrogen (secondary N) is 1. The molecule has 0 atom stereocenters. The SMILES string of the molecule is CCOC(=O)c1c(NC(=O)CSc2ccc(F)cc2)sc2c1CCCC2. The van der Waals surface area contributed by atoms with Gasteiger partial charge in [0.25, 0.3) is 0 Å². The van der Waals surface area contributed by atoms with Crippen molar-refractivity contribution in [1.82, 2.24) is 0 Å². The molecule has 0 fully saturated rings. The Morgan fingerprint density at radius 3 is 2.69 bits per heavy atom. The number of esters is 1. The van der Waals surface area contributed by atoms with E-state index >= 15 is 0 Å². The molecule has 4 nitrogen and oxygen atoms in total. The predicted molar refractivity (Wildman–Crippen MR) is 103 cm³/mol. The highest BCUT2D eigenvalue weighted by molar-refractivity contribution is 8.00. The second-order valence-corrected chi connectivity index (χ2v) is 8.08. The molecule has 3 rings (SSSR count). The van der Waals surface area contributed by atoms with Crippen LogP contribution in [0.15, 0.2) is 29.2 Å². The summed E-state index contributed by atoms with van der Waals surface area (Å²) in [6.07, 6.45) is 3.93. The first-order valence-corrected chi connectivity index (χ1v) is 10.4. The second-order valence-electron chi connectivity index (χ2n) is 5.93. The summed E-state index contributed by atoms with van der Waals surface area (Å²) in [5, 5.41) is 3.46. The van der Waals surface area contributed by atoms with Crippen LogP contribution in [-0.2, 0) is 22.4 Å². The largest absolute Gasteiger partial charge is 0.462 e. The van der Waals surface area contributed by atoms with Crippen LogP contribution in [-0.4, -0.2) is 24.2 Å². The summed E-state index contributed by atoms with van der Waals surface area (Å²) in [4.78, 5) is 26.7. The highest BCUT2D eigenvalue weighted by Crippen LogP contribution is 2.38. The molecule has 0 radical (unpaired) electrons. The van der Waals surface area contributed by atoms with Gasteiger partial charge < -0.3 is 10.1 Å². The van der Waals surface area contributed by atoms with Crippen molar-refractivity contribution in [3.63, 3.8) is 0 Å². The number of benzene rings is 1. The zero-order chi connectivity index (χ0) is 18.5. The molecule has 7 heteroatoms. The Balaban J connectivity index is 1.71. The minimum absolute atomic E-state index is 0.191. The zero-order valence-electron chi connectivity index (χ0n) is 14.5. The molecule has 0 saturated heterocycles. The minimum atomic E-state index is -0.367. The van der Waals surface area contributed by atoms with Gasteiger partial charge in [-0.05, 0) is 62.4 Å². The average molecular weight is 394 g/mol. The molecule has 1 amide bonds. The third-order valence-corrected chi connectivity index (χ3v) is 6.31. The number of aryl methyl sites for hydroxylation is 1. The lowest BCUT2D eigenvalue weighted by Crippen LogP contribution is -2.17.